The van der Waals surface area contributed by atoms with Crippen LogP contribution in [0.3, 0.4) is 0 Å². The van der Waals surface area contributed by atoms with Crippen molar-refractivity contribution in [3.8, 4) is 11.3 Å². The zero-order chi connectivity index (χ0) is 26.5. The van der Waals surface area contributed by atoms with Crippen molar-refractivity contribution in [3.05, 3.63) is 59.7 Å². The average molecular weight is 511 g/mol. The molecule has 3 aromatic heterocycles. The van der Waals surface area contributed by atoms with Crippen LogP contribution in [-0.2, 0) is 6.54 Å². The summed E-state index contributed by atoms with van der Waals surface area (Å²) >= 11 is 0. The Morgan fingerprint density at radius 2 is 1.78 bits per heavy atom. The molecule has 0 amide bonds. The summed E-state index contributed by atoms with van der Waals surface area (Å²) in [6.07, 6.45) is 2.89. The third-order valence-corrected chi connectivity index (χ3v) is 6.14. The lowest BCUT2D eigenvalue weighted by molar-refractivity contribution is 0.233. The summed E-state index contributed by atoms with van der Waals surface area (Å²) in [4.78, 5) is 19.6. The van der Waals surface area contributed by atoms with Crippen LogP contribution < -0.4 is 10.6 Å². The molecule has 0 aliphatic carbocycles. The first-order valence-electron chi connectivity index (χ1n) is 12.2. The summed E-state index contributed by atoms with van der Waals surface area (Å²) in [5.74, 6) is 0.262. The van der Waals surface area contributed by atoms with Gasteiger partial charge < -0.3 is 20.3 Å². The summed E-state index contributed by atoms with van der Waals surface area (Å²) in [7, 11) is 1.00. The van der Waals surface area contributed by atoms with Gasteiger partial charge in [0.15, 0.2) is 11.6 Å². The van der Waals surface area contributed by atoms with Gasteiger partial charge in [0.1, 0.15) is 22.9 Å². The minimum absolute atomic E-state index is 0.00721. The molecule has 196 valence electrons. The number of aliphatic hydroxyl groups excluding tert-OH is 1. The van der Waals surface area contributed by atoms with Gasteiger partial charge in [-0.25, -0.2) is 28.7 Å². The summed E-state index contributed by atoms with van der Waals surface area (Å²) < 4.78 is 31.6. The number of aromatic nitrogens is 5. The van der Waals surface area contributed by atoms with Crippen LogP contribution in [0.5, 0.6) is 0 Å². The highest BCUT2D eigenvalue weighted by Crippen LogP contribution is 2.30. The lowest BCUT2D eigenvalue weighted by atomic mass is 10.1. The highest BCUT2D eigenvalue weighted by atomic mass is 19.1. The molecule has 1 aromatic carbocycles. The number of imidazole rings is 1. The van der Waals surface area contributed by atoms with E-state index in [-0.39, 0.29) is 23.2 Å². The van der Waals surface area contributed by atoms with E-state index in [1.807, 2.05) is 43.7 Å². The van der Waals surface area contributed by atoms with Crippen molar-refractivity contribution in [2.45, 2.75) is 33.4 Å². The lowest BCUT2D eigenvalue weighted by Crippen LogP contribution is -2.42. The Labute approximate surface area is 214 Å². The zero-order valence-electron chi connectivity index (χ0n) is 21.5. The Balaban J connectivity index is 0.00000156. The first-order chi connectivity index (χ1) is 17.9. The number of halogens is 2. The number of aryl methyl sites for hydroxylation is 1. The van der Waals surface area contributed by atoms with Gasteiger partial charge in [0.05, 0.1) is 11.7 Å². The van der Waals surface area contributed by atoms with Crippen LogP contribution in [-0.4, -0.2) is 67.8 Å². The van der Waals surface area contributed by atoms with Gasteiger partial charge in [-0.3, -0.25) is 4.90 Å². The molecule has 4 aromatic rings. The Hall–Kier alpha value is -3.54. The fourth-order valence-electron chi connectivity index (χ4n) is 4.52. The van der Waals surface area contributed by atoms with Crippen molar-refractivity contribution < 1.29 is 13.9 Å². The number of benzene rings is 1. The maximum Gasteiger partial charge on any atom is 0.229 e. The smallest absolute Gasteiger partial charge is 0.229 e. The van der Waals surface area contributed by atoms with Crippen molar-refractivity contribution >= 4 is 22.8 Å². The number of hydrogen-bond donors (Lipinski definition) is 3. The van der Waals surface area contributed by atoms with E-state index in [4.69, 9.17) is 5.11 Å². The van der Waals surface area contributed by atoms with Gasteiger partial charge in [-0.05, 0) is 44.5 Å². The largest absolute Gasteiger partial charge is 0.400 e. The number of piperazine rings is 1. The highest BCUT2D eigenvalue weighted by Gasteiger charge is 2.18. The van der Waals surface area contributed by atoms with Crippen LogP contribution >= 0.6 is 0 Å². The molecular formula is C26H32F2N8O. The standard InChI is InChI=1S/C25H28F2N8.CH4O/c1-15(2)35-16(3)31-24-19(26)10-18(11-21(24)35)23-20(27)13-30-25(33-23)32-22-5-4-17(12-29-22)14-34-8-6-28-7-9-34;1-2/h4-5,10-13,15,28H,6-9,14H2,1-3H3,(H,29,30,32,33);2H,1H3. The molecule has 0 radical (unpaired) electrons. The van der Waals surface area contributed by atoms with Gasteiger partial charge in [-0.1, -0.05) is 6.07 Å². The van der Waals surface area contributed by atoms with E-state index in [1.165, 1.54) is 6.07 Å². The first-order valence-corrected chi connectivity index (χ1v) is 12.2. The maximum atomic E-state index is 14.9. The van der Waals surface area contributed by atoms with E-state index >= 15 is 0 Å². The normalized spacial score (nSPS) is 14.1. The number of nitrogens with zero attached hydrogens (tertiary/aromatic N) is 6. The monoisotopic (exact) mass is 510 g/mol. The van der Waals surface area contributed by atoms with Crippen LogP contribution in [0, 0.1) is 18.6 Å². The third-order valence-electron chi connectivity index (χ3n) is 6.14. The second kappa shape index (κ2) is 11.7. The van der Waals surface area contributed by atoms with E-state index < -0.39 is 11.6 Å². The molecular weight excluding hydrogens is 478 g/mol. The molecule has 5 rings (SSSR count). The van der Waals surface area contributed by atoms with Crippen LogP contribution in [0.2, 0.25) is 0 Å². The van der Waals surface area contributed by atoms with Crippen LogP contribution in [0.1, 0.15) is 31.3 Å². The summed E-state index contributed by atoms with van der Waals surface area (Å²) in [6.45, 7) is 10.7. The minimum atomic E-state index is -0.638. The number of anilines is 2. The van der Waals surface area contributed by atoms with Gasteiger partial charge in [0.2, 0.25) is 5.95 Å². The molecule has 0 atom stereocenters. The molecule has 9 nitrogen and oxygen atoms in total. The SMILES string of the molecule is CO.Cc1nc2c(F)cc(-c3nc(Nc4ccc(CN5CCNCC5)cn4)ncc3F)cc2n1C(C)C. The molecule has 0 unspecified atom stereocenters. The topological polar surface area (TPSA) is 104 Å². The number of fused-ring (bicyclic) bond motifs is 1. The van der Waals surface area contributed by atoms with Crippen molar-refractivity contribution in [1.82, 2.24) is 34.7 Å². The molecule has 0 saturated carbocycles. The first kappa shape index (κ1) is 26.5. The van der Waals surface area contributed by atoms with Gasteiger partial charge in [-0.15, -0.1) is 0 Å². The quantitative estimate of drug-likeness (QED) is 0.360. The summed E-state index contributed by atoms with van der Waals surface area (Å²) in [6, 6.07) is 6.90. The van der Waals surface area contributed by atoms with E-state index in [1.54, 1.807) is 6.07 Å². The molecule has 11 heteroatoms. The van der Waals surface area contributed by atoms with E-state index in [9.17, 15) is 8.78 Å². The molecule has 4 heterocycles. The van der Waals surface area contributed by atoms with Crippen molar-refractivity contribution in [2.24, 2.45) is 0 Å². The van der Waals surface area contributed by atoms with Crippen molar-refractivity contribution in [1.29, 1.82) is 0 Å². The van der Waals surface area contributed by atoms with Gasteiger partial charge in [0.25, 0.3) is 0 Å². The predicted octanol–water partition coefficient (Wildman–Crippen LogP) is 3.81. The molecule has 37 heavy (non-hydrogen) atoms. The Morgan fingerprint density at radius 3 is 2.46 bits per heavy atom. The number of nitrogens with one attached hydrogen (secondary N) is 2. The second-order valence-corrected chi connectivity index (χ2v) is 9.04. The Morgan fingerprint density at radius 1 is 1.03 bits per heavy atom. The molecule has 1 fully saturated rings. The summed E-state index contributed by atoms with van der Waals surface area (Å²) in [5.41, 5.74) is 2.30. The minimum Gasteiger partial charge on any atom is -0.400 e. The number of hydrogen-bond acceptors (Lipinski definition) is 8. The van der Waals surface area contributed by atoms with Gasteiger partial charge >= 0.3 is 0 Å². The Kier molecular flexibility index (Phi) is 8.37. The number of rotatable bonds is 6. The highest BCUT2D eigenvalue weighted by molar-refractivity contribution is 5.83. The second-order valence-electron chi connectivity index (χ2n) is 9.04. The number of pyridine rings is 1. The number of aliphatic hydroxyl groups is 1. The third kappa shape index (κ3) is 5.90. The molecule has 0 bridgehead atoms. The van der Waals surface area contributed by atoms with E-state index in [0.717, 1.165) is 51.6 Å². The van der Waals surface area contributed by atoms with E-state index in [2.05, 4.69) is 35.5 Å². The molecule has 0 spiro atoms. The Bertz CT molecular complexity index is 1350. The van der Waals surface area contributed by atoms with Crippen molar-refractivity contribution in [2.75, 3.05) is 38.6 Å². The fraction of sp³-hybridized carbons (Fsp3) is 0.385. The average Bonchev–Trinajstić information content (AvgIpc) is 3.25. The fourth-order valence-corrected chi connectivity index (χ4v) is 4.52. The van der Waals surface area contributed by atoms with Crippen LogP contribution in [0.4, 0.5) is 20.5 Å². The van der Waals surface area contributed by atoms with Crippen LogP contribution in [0.15, 0.2) is 36.7 Å². The molecule has 1 aliphatic heterocycles. The van der Waals surface area contributed by atoms with Crippen LogP contribution in [0.25, 0.3) is 22.3 Å². The molecule has 1 aliphatic rings. The maximum absolute atomic E-state index is 14.9. The van der Waals surface area contributed by atoms with E-state index in [0.29, 0.717) is 22.7 Å². The molecule has 3 N–H and O–H groups in total. The van der Waals surface area contributed by atoms with Crippen molar-refractivity contribution in [3.63, 3.8) is 0 Å². The predicted molar refractivity (Wildman–Crippen MR) is 140 cm³/mol. The summed E-state index contributed by atoms with van der Waals surface area (Å²) in [5, 5.41) is 13.4. The van der Waals surface area contributed by atoms with Gasteiger partial charge in [-0.2, -0.15) is 0 Å². The zero-order valence-corrected chi connectivity index (χ0v) is 21.5. The molecule has 1 saturated heterocycles. The van der Waals surface area contributed by atoms with Gasteiger partial charge in [0, 0.05) is 57.6 Å². The lowest BCUT2D eigenvalue weighted by Gasteiger charge is -2.27.